The molecule has 31 heavy (non-hydrogen) atoms. The van der Waals surface area contributed by atoms with E-state index in [0.29, 0.717) is 31.6 Å². The van der Waals surface area contributed by atoms with Crippen LogP contribution in [0.2, 0.25) is 0 Å². The molecule has 1 aromatic heterocycles. The lowest BCUT2D eigenvalue weighted by molar-refractivity contribution is -0.125. The van der Waals surface area contributed by atoms with Crippen molar-refractivity contribution in [2.45, 2.75) is 31.5 Å². The summed E-state index contributed by atoms with van der Waals surface area (Å²) in [7, 11) is 0. The molecule has 1 saturated heterocycles. The van der Waals surface area contributed by atoms with Crippen molar-refractivity contribution in [1.29, 1.82) is 0 Å². The van der Waals surface area contributed by atoms with Crippen LogP contribution in [-0.2, 0) is 11.2 Å². The lowest BCUT2D eigenvalue weighted by Crippen LogP contribution is -2.42. The molecule has 1 aliphatic rings. The van der Waals surface area contributed by atoms with Crippen LogP contribution in [-0.4, -0.2) is 51.9 Å². The van der Waals surface area contributed by atoms with Crippen LogP contribution in [0.4, 0.5) is 14.5 Å². The third-order valence-corrected chi connectivity index (χ3v) is 5.22. The predicted molar refractivity (Wildman–Crippen MR) is 109 cm³/mol. The number of hydrogen-bond donors (Lipinski definition) is 1. The zero-order chi connectivity index (χ0) is 21.6. The van der Waals surface area contributed by atoms with Crippen molar-refractivity contribution in [3.8, 4) is 5.75 Å². The van der Waals surface area contributed by atoms with Crippen molar-refractivity contribution in [2.75, 3.05) is 18.0 Å². The summed E-state index contributed by atoms with van der Waals surface area (Å²) in [5, 5.41) is 14.3. The first-order valence-electron chi connectivity index (χ1n) is 9.95. The van der Waals surface area contributed by atoms with Crippen molar-refractivity contribution >= 4 is 11.6 Å². The number of rotatable bonds is 8. The maximum atomic E-state index is 13.1. The Kier molecular flexibility index (Phi) is 6.34. The molecule has 3 aromatic rings. The highest BCUT2D eigenvalue weighted by Gasteiger charge is 2.30. The predicted octanol–water partition coefficient (Wildman–Crippen LogP) is 2.45. The summed E-state index contributed by atoms with van der Waals surface area (Å²) in [6.45, 7) is -1.79. The maximum absolute atomic E-state index is 13.1. The number of hydrogen-bond acceptors (Lipinski definition) is 6. The number of ether oxygens (including phenoxy) is 1. The Morgan fingerprint density at radius 2 is 1.94 bits per heavy atom. The Bertz CT molecular complexity index is 987. The van der Waals surface area contributed by atoms with Crippen LogP contribution in [0.3, 0.4) is 0 Å². The van der Waals surface area contributed by atoms with Crippen LogP contribution in [0.1, 0.15) is 18.0 Å². The number of alkyl halides is 2. The van der Waals surface area contributed by atoms with Crippen LogP contribution >= 0.6 is 0 Å². The lowest BCUT2D eigenvalue weighted by atomic mass is 10.1. The van der Waals surface area contributed by atoms with Gasteiger partial charge in [0.2, 0.25) is 5.91 Å². The molecule has 0 aliphatic carbocycles. The van der Waals surface area contributed by atoms with Gasteiger partial charge in [0.15, 0.2) is 0 Å². The first-order chi connectivity index (χ1) is 15.1. The van der Waals surface area contributed by atoms with Crippen molar-refractivity contribution in [1.82, 2.24) is 25.5 Å². The standard InChI is InChI=1S/C21H22F2N6O2/c22-21(23)31-19-9-5-4-8-17(19)28-11-10-16(13-28)25-20(30)18(29-14-24-26-27-29)12-15-6-2-1-3-7-15/h1-9,14,16,18,21H,10-13H2,(H,25,30). The van der Waals surface area contributed by atoms with E-state index in [1.165, 1.54) is 17.1 Å². The average molecular weight is 428 g/mol. The zero-order valence-corrected chi connectivity index (χ0v) is 16.6. The van der Waals surface area contributed by atoms with Gasteiger partial charge >= 0.3 is 6.61 Å². The van der Waals surface area contributed by atoms with Crippen LogP contribution in [0.25, 0.3) is 0 Å². The van der Waals surface area contributed by atoms with E-state index < -0.39 is 12.7 Å². The Balaban J connectivity index is 1.43. The first kappa shape index (κ1) is 20.7. The molecule has 1 N–H and O–H groups in total. The van der Waals surface area contributed by atoms with E-state index in [4.69, 9.17) is 0 Å². The SMILES string of the molecule is O=C(NC1CCN(c2ccccc2OC(F)F)C1)C(Cc1ccccc1)n1cnnn1. The largest absolute Gasteiger partial charge is 0.433 e. The van der Waals surface area contributed by atoms with Gasteiger partial charge in [0.05, 0.1) is 5.69 Å². The number of tetrazole rings is 1. The molecule has 1 aliphatic heterocycles. The number of carbonyl (C=O) groups is 1. The van der Waals surface area contributed by atoms with E-state index in [1.807, 2.05) is 35.2 Å². The molecular weight excluding hydrogens is 406 g/mol. The molecule has 1 amide bonds. The number of amides is 1. The van der Waals surface area contributed by atoms with Crippen LogP contribution in [0.15, 0.2) is 60.9 Å². The third kappa shape index (κ3) is 5.14. The second-order valence-electron chi connectivity index (χ2n) is 7.28. The van der Waals surface area contributed by atoms with E-state index in [1.54, 1.807) is 18.2 Å². The van der Waals surface area contributed by atoms with Crippen molar-refractivity contribution in [2.24, 2.45) is 0 Å². The van der Waals surface area contributed by atoms with Gasteiger partial charge in [0, 0.05) is 25.6 Å². The lowest BCUT2D eigenvalue weighted by Gasteiger charge is -2.23. The smallest absolute Gasteiger partial charge is 0.387 e. The Labute approximate surface area is 177 Å². The van der Waals surface area contributed by atoms with Gasteiger partial charge in [0.25, 0.3) is 0 Å². The van der Waals surface area contributed by atoms with Gasteiger partial charge in [-0.15, -0.1) is 5.10 Å². The van der Waals surface area contributed by atoms with E-state index in [2.05, 4.69) is 25.6 Å². The number of halogens is 2. The van der Waals surface area contributed by atoms with Gasteiger partial charge < -0.3 is 15.0 Å². The van der Waals surface area contributed by atoms with Crippen molar-refractivity contribution < 1.29 is 18.3 Å². The number of nitrogens with zero attached hydrogens (tertiary/aromatic N) is 5. The van der Waals surface area contributed by atoms with Gasteiger partial charge in [-0.3, -0.25) is 4.79 Å². The number of anilines is 1. The number of nitrogens with one attached hydrogen (secondary N) is 1. The fourth-order valence-corrected chi connectivity index (χ4v) is 3.76. The number of benzene rings is 2. The molecule has 2 aromatic carbocycles. The molecule has 0 spiro atoms. The Morgan fingerprint density at radius 3 is 2.68 bits per heavy atom. The van der Waals surface area contributed by atoms with Gasteiger partial charge in [-0.2, -0.15) is 8.78 Å². The maximum Gasteiger partial charge on any atom is 0.387 e. The molecule has 2 heterocycles. The second-order valence-corrected chi connectivity index (χ2v) is 7.28. The molecule has 2 unspecified atom stereocenters. The summed E-state index contributed by atoms with van der Waals surface area (Å²) in [6.07, 6.45) is 2.55. The molecule has 2 atom stereocenters. The van der Waals surface area contributed by atoms with Crippen LogP contribution in [0.5, 0.6) is 5.75 Å². The molecule has 162 valence electrons. The van der Waals surface area contributed by atoms with E-state index in [-0.39, 0.29) is 17.7 Å². The molecule has 0 bridgehead atoms. The minimum Gasteiger partial charge on any atom is -0.433 e. The Hall–Kier alpha value is -3.56. The fourth-order valence-electron chi connectivity index (χ4n) is 3.76. The van der Waals surface area contributed by atoms with Crippen molar-refractivity contribution in [3.05, 3.63) is 66.5 Å². The minimum absolute atomic E-state index is 0.125. The summed E-state index contributed by atoms with van der Waals surface area (Å²) >= 11 is 0. The minimum atomic E-state index is -2.89. The fraction of sp³-hybridized carbons (Fsp3) is 0.333. The van der Waals surface area contributed by atoms with Crippen molar-refractivity contribution in [3.63, 3.8) is 0 Å². The van der Waals surface area contributed by atoms with Crippen LogP contribution in [0, 0.1) is 0 Å². The molecule has 0 radical (unpaired) electrons. The third-order valence-electron chi connectivity index (χ3n) is 5.22. The monoisotopic (exact) mass is 428 g/mol. The highest BCUT2D eigenvalue weighted by molar-refractivity contribution is 5.81. The highest BCUT2D eigenvalue weighted by Crippen LogP contribution is 2.32. The average Bonchev–Trinajstić information content (AvgIpc) is 3.45. The van der Waals surface area contributed by atoms with Gasteiger partial charge in [-0.05, 0) is 34.5 Å². The molecular formula is C21H22F2N6O2. The molecule has 4 rings (SSSR count). The summed E-state index contributed by atoms with van der Waals surface area (Å²) in [4.78, 5) is 15.0. The van der Waals surface area contributed by atoms with Gasteiger partial charge in [0.1, 0.15) is 18.1 Å². The second kappa shape index (κ2) is 9.50. The Morgan fingerprint density at radius 1 is 1.16 bits per heavy atom. The topological polar surface area (TPSA) is 85.2 Å². The quantitative estimate of drug-likeness (QED) is 0.593. The normalized spacial score (nSPS) is 17.0. The van der Waals surface area contributed by atoms with Gasteiger partial charge in [-0.25, -0.2) is 4.68 Å². The first-order valence-corrected chi connectivity index (χ1v) is 9.95. The van der Waals surface area contributed by atoms with Gasteiger partial charge in [-0.1, -0.05) is 42.5 Å². The summed E-state index contributed by atoms with van der Waals surface area (Å²) < 4.78 is 31.5. The highest BCUT2D eigenvalue weighted by atomic mass is 19.3. The molecule has 1 fully saturated rings. The van der Waals surface area contributed by atoms with E-state index in [0.717, 1.165) is 5.56 Å². The van der Waals surface area contributed by atoms with Crippen LogP contribution < -0.4 is 15.0 Å². The number of carbonyl (C=O) groups excluding carboxylic acids is 1. The zero-order valence-electron chi connectivity index (χ0n) is 16.6. The summed E-state index contributed by atoms with van der Waals surface area (Å²) in [5.74, 6) is -0.0692. The summed E-state index contributed by atoms with van der Waals surface area (Å²) in [6, 6.07) is 15.6. The van der Waals surface area contributed by atoms with E-state index >= 15 is 0 Å². The number of aromatic nitrogens is 4. The molecule has 8 nitrogen and oxygen atoms in total. The molecule has 10 heteroatoms. The number of para-hydroxylation sites is 2. The van der Waals surface area contributed by atoms with E-state index in [9.17, 15) is 13.6 Å². The molecule has 0 saturated carbocycles. The summed E-state index contributed by atoms with van der Waals surface area (Å²) in [5.41, 5.74) is 1.57.